The number of nitrogens with zero attached hydrogens (tertiary/aromatic N) is 3. The fourth-order valence-corrected chi connectivity index (χ4v) is 6.39. The van der Waals surface area contributed by atoms with Gasteiger partial charge in [0.15, 0.2) is 0 Å². The number of aromatic carboxylic acids is 1. The van der Waals surface area contributed by atoms with Crippen LogP contribution in [0.1, 0.15) is 80.6 Å². The first-order valence-electron chi connectivity index (χ1n) is 16.7. The fourth-order valence-electron chi connectivity index (χ4n) is 6.39. The van der Waals surface area contributed by atoms with E-state index in [-0.39, 0.29) is 34.5 Å². The summed E-state index contributed by atoms with van der Waals surface area (Å²) in [4.78, 5) is 65.4. The van der Waals surface area contributed by atoms with Gasteiger partial charge in [0, 0.05) is 62.0 Å². The molecule has 1 saturated heterocycles. The number of fused-ring (bicyclic) bond motifs is 2. The Hall–Kier alpha value is -5.00. The van der Waals surface area contributed by atoms with Crippen LogP contribution >= 0.6 is 0 Å². The van der Waals surface area contributed by atoms with Gasteiger partial charge in [-0.25, -0.2) is 14.0 Å². The van der Waals surface area contributed by atoms with Gasteiger partial charge in [-0.3, -0.25) is 14.4 Å². The number of carboxylic acid groups (broad SMARTS) is 1. The van der Waals surface area contributed by atoms with Crippen LogP contribution in [-0.4, -0.2) is 58.5 Å². The lowest BCUT2D eigenvalue weighted by Gasteiger charge is -2.36. The molecule has 2 aliphatic rings. The minimum absolute atomic E-state index is 0.0647. The monoisotopic (exact) mass is 658 g/mol. The Kier molecular flexibility index (Phi) is 9.88. The van der Waals surface area contributed by atoms with E-state index in [9.17, 15) is 29.1 Å². The van der Waals surface area contributed by atoms with Gasteiger partial charge in [0.2, 0.25) is 17.2 Å². The van der Waals surface area contributed by atoms with Crippen LogP contribution in [0.2, 0.25) is 0 Å². The summed E-state index contributed by atoms with van der Waals surface area (Å²) in [6, 6.07) is 11.6. The number of hydrogen-bond acceptors (Lipinski definition) is 7. The number of piperazine rings is 1. The van der Waals surface area contributed by atoms with E-state index in [2.05, 4.69) is 5.32 Å². The lowest BCUT2D eigenvalue weighted by atomic mass is 10.1. The highest BCUT2D eigenvalue weighted by Gasteiger charge is 2.29. The molecule has 6 rings (SSSR count). The van der Waals surface area contributed by atoms with E-state index in [1.54, 1.807) is 28.8 Å². The van der Waals surface area contributed by atoms with Crippen molar-refractivity contribution in [3.05, 3.63) is 80.7 Å². The number of halogens is 1. The van der Waals surface area contributed by atoms with Crippen LogP contribution in [-0.2, 0) is 9.59 Å². The van der Waals surface area contributed by atoms with E-state index in [0.29, 0.717) is 62.2 Å². The Morgan fingerprint density at radius 3 is 2.29 bits per heavy atom. The van der Waals surface area contributed by atoms with Crippen LogP contribution in [0.15, 0.2) is 62.7 Å². The molecule has 12 heteroatoms. The molecule has 4 aromatic rings. The summed E-state index contributed by atoms with van der Waals surface area (Å²) in [5.74, 6) is -2.05. The number of unbranched alkanes of at least 4 members (excludes halogenated alkanes) is 5. The summed E-state index contributed by atoms with van der Waals surface area (Å²) in [5.41, 5.74) is -0.121. The van der Waals surface area contributed by atoms with Crippen molar-refractivity contribution in [2.75, 3.05) is 36.4 Å². The molecule has 48 heavy (non-hydrogen) atoms. The zero-order valence-electron chi connectivity index (χ0n) is 26.7. The standard InChI is InChI=1S/C36H39FN4O7/c37-27-20-25-29(41(24-13-14-24)22-26(34(25)44)35(45)46)21-30(27)39-15-17-40(18-16-39)33(43)12-6-4-2-1-3-5-11-32(42)38-28-19-23-9-7-8-10-31(23)48-36(28)47/h7-10,19-22,24H,1-6,11-18H2,(H,38,42)(H,45,46). The molecule has 2 amide bonds. The number of aromatic nitrogens is 1. The number of pyridine rings is 1. The maximum Gasteiger partial charge on any atom is 0.360 e. The molecule has 3 heterocycles. The lowest BCUT2D eigenvalue weighted by Crippen LogP contribution is -2.49. The van der Waals surface area contributed by atoms with Crippen molar-refractivity contribution in [2.45, 2.75) is 70.3 Å². The van der Waals surface area contributed by atoms with Gasteiger partial charge in [0.25, 0.3) is 0 Å². The van der Waals surface area contributed by atoms with Gasteiger partial charge in [-0.15, -0.1) is 0 Å². The Morgan fingerprint density at radius 2 is 1.58 bits per heavy atom. The topological polar surface area (TPSA) is 142 Å². The van der Waals surface area contributed by atoms with Gasteiger partial charge >= 0.3 is 11.6 Å². The van der Waals surface area contributed by atoms with Crippen LogP contribution in [0.25, 0.3) is 21.9 Å². The van der Waals surface area contributed by atoms with E-state index >= 15 is 4.39 Å². The molecule has 2 aromatic carbocycles. The van der Waals surface area contributed by atoms with Crippen LogP contribution < -0.4 is 21.3 Å². The molecule has 2 fully saturated rings. The Balaban J connectivity index is 0.901. The third-order valence-electron chi connectivity index (χ3n) is 9.20. The van der Waals surface area contributed by atoms with E-state index in [0.717, 1.165) is 56.4 Å². The average molecular weight is 659 g/mol. The summed E-state index contributed by atoms with van der Waals surface area (Å²) < 4.78 is 22.3. The molecule has 1 aliphatic heterocycles. The summed E-state index contributed by atoms with van der Waals surface area (Å²) in [5, 5.41) is 12.9. The fraction of sp³-hybridized carbons (Fsp3) is 0.417. The molecule has 0 spiro atoms. The molecule has 11 nitrogen and oxygen atoms in total. The number of para-hydroxylation sites is 1. The Morgan fingerprint density at radius 1 is 0.896 bits per heavy atom. The third-order valence-corrected chi connectivity index (χ3v) is 9.20. The van der Waals surface area contributed by atoms with Crippen LogP contribution in [0.5, 0.6) is 0 Å². The minimum atomic E-state index is -1.32. The molecule has 0 radical (unpaired) electrons. The third kappa shape index (κ3) is 7.42. The maximum absolute atomic E-state index is 15.3. The van der Waals surface area contributed by atoms with Crippen LogP contribution in [0, 0.1) is 5.82 Å². The van der Waals surface area contributed by atoms with Crippen molar-refractivity contribution < 1.29 is 28.3 Å². The van der Waals surface area contributed by atoms with E-state index in [4.69, 9.17) is 4.42 Å². The molecular weight excluding hydrogens is 619 g/mol. The number of carboxylic acids is 1. The number of benzene rings is 2. The van der Waals surface area contributed by atoms with E-state index in [1.807, 2.05) is 21.9 Å². The number of hydrogen-bond donors (Lipinski definition) is 2. The summed E-state index contributed by atoms with van der Waals surface area (Å²) in [7, 11) is 0. The van der Waals surface area contributed by atoms with Crippen molar-refractivity contribution >= 4 is 51.0 Å². The lowest BCUT2D eigenvalue weighted by molar-refractivity contribution is -0.131. The predicted molar refractivity (Wildman–Crippen MR) is 180 cm³/mol. The molecule has 1 aliphatic carbocycles. The molecule has 0 bridgehead atoms. The average Bonchev–Trinajstić information content (AvgIpc) is 3.92. The zero-order chi connectivity index (χ0) is 33.8. The van der Waals surface area contributed by atoms with Crippen molar-refractivity contribution in [3.63, 3.8) is 0 Å². The molecule has 0 unspecified atom stereocenters. The van der Waals surface area contributed by atoms with Gasteiger partial charge in [0.05, 0.1) is 11.2 Å². The molecule has 2 aromatic heterocycles. The number of anilines is 2. The number of amides is 2. The smallest absolute Gasteiger partial charge is 0.360 e. The SMILES string of the molecule is O=C(CCCCCCCCC(=O)N1CCN(c2cc3c(cc2F)c(=O)c(C(=O)O)cn3C2CC2)CC1)Nc1cc2ccccc2oc1=O. The van der Waals surface area contributed by atoms with Gasteiger partial charge in [-0.2, -0.15) is 0 Å². The number of carbonyl (C=O) groups excluding carboxylic acids is 2. The molecule has 1 saturated carbocycles. The van der Waals surface area contributed by atoms with Gasteiger partial charge < -0.3 is 29.2 Å². The second-order valence-electron chi connectivity index (χ2n) is 12.7. The molecule has 0 atom stereocenters. The van der Waals surface area contributed by atoms with Crippen molar-refractivity contribution in [2.24, 2.45) is 0 Å². The predicted octanol–water partition coefficient (Wildman–Crippen LogP) is 5.69. The molecule has 252 valence electrons. The number of rotatable bonds is 13. The highest BCUT2D eigenvalue weighted by Crippen LogP contribution is 2.38. The van der Waals surface area contributed by atoms with Gasteiger partial charge in [-0.05, 0) is 49.9 Å². The molecular formula is C36H39FN4O7. The minimum Gasteiger partial charge on any atom is -0.477 e. The summed E-state index contributed by atoms with van der Waals surface area (Å²) in [6.07, 6.45) is 9.03. The number of carbonyl (C=O) groups is 3. The number of nitrogens with one attached hydrogen (secondary N) is 1. The van der Waals surface area contributed by atoms with E-state index in [1.165, 1.54) is 6.20 Å². The van der Waals surface area contributed by atoms with Crippen LogP contribution in [0.3, 0.4) is 0 Å². The largest absolute Gasteiger partial charge is 0.477 e. The normalized spacial score (nSPS) is 14.9. The van der Waals surface area contributed by atoms with E-state index < -0.39 is 22.8 Å². The van der Waals surface area contributed by atoms with Crippen molar-refractivity contribution in [1.82, 2.24) is 9.47 Å². The first kappa shape index (κ1) is 32.9. The second kappa shape index (κ2) is 14.4. The quantitative estimate of drug-likeness (QED) is 0.138. The van der Waals surface area contributed by atoms with Gasteiger partial charge in [0.1, 0.15) is 22.7 Å². The first-order chi connectivity index (χ1) is 23.2. The van der Waals surface area contributed by atoms with Crippen molar-refractivity contribution in [3.8, 4) is 0 Å². The molecule has 2 N–H and O–H groups in total. The second-order valence-corrected chi connectivity index (χ2v) is 12.7. The Bertz CT molecular complexity index is 1980. The highest BCUT2D eigenvalue weighted by atomic mass is 19.1. The summed E-state index contributed by atoms with van der Waals surface area (Å²) in [6.45, 7) is 1.84. The Labute approximate surface area is 275 Å². The van der Waals surface area contributed by atoms with Gasteiger partial charge in [-0.1, -0.05) is 43.9 Å². The highest BCUT2D eigenvalue weighted by molar-refractivity contribution is 5.94. The maximum atomic E-state index is 15.3. The van der Waals surface area contributed by atoms with Crippen LogP contribution in [0.4, 0.5) is 15.8 Å². The zero-order valence-corrected chi connectivity index (χ0v) is 26.7. The first-order valence-corrected chi connectivity index (χ1v) is 16.7. The van der Waals surface area contributed by atoms with Crippen molar-refractivity contribution in [1.29, 1.82) is 0 Å². The summed E-state index contributed by atoms with van der Waals surface area (Å²) >= 11 is 0.